The first-order chi connectivity index (χ1) is 7.36. The predicted octanol–water partition coefficient (Wildman–Crippen LogP) is 1.56. The topological polar surface area (TPSA) is 35.5 Å². The fourth-order valence-corrected chi connectivity index (χ4v) is 1.56. The molecule has 0 N–H and O–H groups in total. The Kier molecular flexibility index (Phi) is 3.48. The van der Waals surface area contributed by atoms with E-state index in [0.29, 0.717) is 19.6 Å². The fourth-order valence-electron chi connectivity index (χ4n) is 1.56. The molecule has 0 spiro atoms. The average molecular weight is 206 g/mol. The van der Waals surface area contributed by atoms with Crippen LogP contribution in [-0.4, -0.2) is 25.1 Å². The van der Waals surface area contributed by atoms with Crippen LogP contribution in [-0.2, 0) is 20.9 Å². The minimum atomic E-state index is -0.279. The van der Waals surface area contributed by atoms with Crippen LogP contribution in [0.25, 0.3) is 0 Å². The van der Waals surface area contributed by atoms with E-state index in [9.17, 15) is 4.79 Å². The highest BCUT2D eigenvalue weighted by Crippen LogP contribution is 2.10. The Morgan fingerprint density at radius 1 is 1.33 bits per heavy atom. The minimum absolute atomic E-state index is 0.0529. The van der Waals surface area contributed by atoms with E-state index in [1.807, 2.05) is 30.3 Å². The number of rotatable bonds is 3. The van der Waals surface area contributed by atoms with E-state index >= 15 is 0 Å². The second kappa shape index (κ2) is 5.05. The van der Waals surface area contributed by atoms with Gasteiger partial charge in [-0.15, -0.1) is 0 Å². The molecule has 0 aromatic heterocycles. The largest absolute Gasteiger partial charge is 0.373 e. The van der Waals surface area contributed by atoms with E-state index in [4.69, 9.17) is 9.47 Å². The average Bonchev–Trinajstić information content (AvgIpc) is 2.29. The number of ether oxygens (including phenoxy) is 2. The summed E-state index contributed by atoms with van der Waals surface area (Å²) in [5.74, 6) is 0.0529. The summed E-state index contributed by atoms with van der Waals surface area (Å²) >= 11 is 0. The Balaban J connectivity index is 1.85. The lowest BCUT2D eigenvalue weighted by Crippen LogP contribution is -2.34. The molecule has 1 heterocycles. The summed E-state index contributed by atoms with van der Waals surface area (Å²) in [6.07, 6.45) is 0.394. The van der Waals surface area contributed by atoms with Crippen molar-refractivity contribution >= 4 is 5.78 Å². The van der Waals surface area contributed by atoms with Gasteiger partial charge in [-0.1, -0.05) is 30.3 Å². The van der Waals surface area contributed by atoms with Crippen LogP contribution in [0.2, 0.25) is 0 Å². The first-order valence-electron chi connectivity index (χ1n) is 5.12. The molecule has 1 unspecified atom stereocenters. The van der Waals surface area contributed by atoms with Crippen LogP contribution in [0.5, 0.6) is 0 Å². The molecule has 0 saturated carbocycles. The molecule has 1 saturated heterocycles. The maximum atomic E-state index is 11.4. The molecule has 15 heavy (non-hydrogen) atoms. The molecule has 0 radical (unpaired) electrons. The van der Waals surface area contributed by atoms with Crippen molar-refractivity contribution in [3.05, 3.63) is 35.9 Å². The highest BCUT2D eigenvalue weighted by atomic mass is 16.5. The zero-order chi connectivity index (χ0) is 10.5. The maximum absolute atomic E-state index is 11.4. The highest BCUT2D eigenvalue weighted by molar-refractivity contribution is 5.84. The summed E-state index contributed by atoms with van der Waals surface area (Å²) in [7, 11) is 0. The summed E-state index contributed by atoms with van der Waals surface area (Å²) in [6.45, 7) is 1.31. The van der Waals surface area contributed by atoms with Crippen molar-refractivity contribution in [3.8, 4) is 0 Å². The number of ketones is 1. The Bertz CT molecular complexity index is 321. The maximum Gasteiger partial charge on any atom is 0.187 e. The zero-order valence-electron chi connectivity index (χ0n) is 8.52. The van der Waals surface area contributed by atoms with Crippen molar-refractivity contribution in [1.29, 1.82) is 0 Å². The monoisotopic (exact) mass is 206 g/mol. The number of hydrogen-bond acceptors (Lipinski definition) is 3. The van der Waals surface area contributed by atoms with Gasteiger partial charge in [-0.3, -0.25) is 4.79 Å². The molecule has 3 heteroatoms. The van der Waals surface area contributed by atoms with Crippen LogP contribution in [0.3, 0.4) is 0 Å². The molecule has 1 atom stereocenters. The van der Waals surface area contributed by atoms with Gasteiger partial charge in [0.15, 0.2) is 5.78 Å². The molecule has 1 aromatic rings. The molecule has 2 rings (SSSR count). The second-order valence-electron chi connectivity index (χ2n) is 3.59. The Labute approximate surface area is 89.0 Å². The summed E-state index contributed by atoms with van der Waals surface area (Å²) in [6, 6.07) is 9.87. The van der Waals surface area contributed by atoms with Crippen LogP contribution in [0.4, 0.5) is 0 Å². The van der Waals surface area contributed by atoms with Gasteiger partial charge in [0.05, 0.1) is 13.2 Å². The first-order valence-corrected chi connectivity index (χ1v) is 5.12. The summed E-state index contributed by atoms with van der Waals surface area (Å²) < 4.78 is 10.6. The van der Waals surface area contributed by atoms with Crippen LogP contribution in [0.15, 0.2) is 30.3 Å². The second-order valence-corrected chi connectivity index (χ2v) is 3.59. The van der Waals surface area contributed by atoms with E-state index in [-0.39, 0.29) is 18.5 Å². The predicted molar refractivity (Wildman–Crippen MR) is 55.5 cm³/mol. The summed E-state index contributed by atoms with van der Waals surface area (Å²) in [5.41, 5.74) is 1.09. The van der Waals surface area contributed by atoms with Crippen molar-refractivity contribution in [2.24, 2.45) is 0 Å². The molecule has 1 aromatic carbocycles. The van der Waals surface area contributed by atoms with Gasteiger partial charge in [-0.05, 0) is 5.56 Å². The molecular formula is C12H14O3. The molecule has 0 aliphatic carbocycles. The van der Waals surface area contributed by atoms with Crippen molar-refractivity contribution in [1.82, 2.24) is 0 Å². The van der Waals surface area contributed by atoms with Gasteiger partial charge in [0.25, 0.3) is 0 Å². The van der Waals surface area contributed by atoms with E-state index in [1.165, 1.54) is 0 Å². The highest BCUT2D eigenvalue weighted by Gasteiger charge is 2.23. The third kappa shape index (κ3) is 2.88. The summed E-state index contributed by atoms with van der Waals surface area (Å²) in [5, 5.41) is 0. The molecule has 1 aliphatic heterocycles. The fraction of sp³-hybridized carbons (Fsp3) is 0.417. The van der Waals surface area contributed by atoms with Gasteiger partial charge in [0.1, 0.15) is 12.7 Å². The van der Waals surface area contributed by atoms with Gasteiger partial charge in [0, 0.05) is 6.42 Å². The van der Waals surface area contributed by atoms with Crippen molar-refractivity contribution in [2.75, 3.05) is 13.2 Å². The van der Waals surface area contributed by atoms with Crippen LogP contribution in [0.1, 0.15) is 12.0 Å². The quantitative estimate of drug-likeness (QED) is 0.753. The van der Waals surface area contributed by atoms with Gasteiger partial charge in [-0.2, -0.15) is 0 Å². The normalized spacial score (nSPS) is 21.6. The molecule has 1 fully saturated rings. The van der Waals surface area contributed by atoms with Crippen LogP contribution >= 0.6 is 0 Å². The zero-order valence-corrected chi connectivity index (χ0v) is 8.52. The smallest absolute Gasteiger partial charge is 0.187 e. The van der Waals surface area contributed by atoms with E-state index in [1.54, 1.807) is 0 Å². The molecule has 80 valence electrons. The van der Waals surface area contributed by atoms with Crippen molar-refractivity contribution in [2.45, 2.75) is 19.1 Å². The lowest BCUT2D eigenvalue weighted by atomic mass is 10.1. The van der Waals surface area contributed by atoms with Crippen LogP contribution < -0.4 is 0 Å². The standard InChI is InChI=1S/C12H14O3/c13-11-9-14-7-6-12(11)15-8-10-4-2-1-3-5-10/h1-5,12H,6-9H2. The number of benzene rings is 1. The number of Topliss-reactive ketones (excluding diaryl/α,β-unsaturated/α-hetero) is 1. The lowest BCUT2D eigenvalue weighted by molar-refractivity contribution is -0.143. The summed E-state index contributed by atoms with van der Waals surface area (Å²) in [4.78, 5) is 11.4. The number of carbonyl (C=O) groups is 1. The molecule has 1 aliphatic rings. The Hall–Kier alpha value is -1.19. The molecule has 3 nitrogen and oxygen atoms in total. The minimum Gasteiger partial charge on any atom is -0.373 e. The van der Waals surface area contributed by atoms with Crippen molar-refractivity contribution in [3.63, 3.8) is 0 Å². The number of hydrogen-bond donors (Lipinski definition) is 0. The van der Waals surface area contributed by atoms with Crippen LogP contribution in [0, 0.1) is 0 Å². The third-order valence-corrected chi connectivity index (χ3v) is 2.42. The number of carbonyl (C=O) groups excluding carboxylic acids is 1. The first kappa shape index (κ1) is 10.3. The van der Waals surface area contributed by atoms with Gasteiger partial charge >= 0.3 is 0 Å². The van der Waals surface area contributed by atoms with Gasteiger partial charge < -0.3 is 9.47 Å². The SMILES string of the molecule is O=C1COCCC1OCc1ccccc1. The van der Waals surface area contributed by atoms with E-state index in [0.717, 1.165) is 5.56 Å². The Morgan fingerprint density at radius 3 is 2.87 bits per heavy atom. The van der Waals surface area contributed by atoms with Gasteiger partial charge in [0.2, 0.25) is 0 Å². The lowest BCUT2D eigenvalue weighted by Gasteiger charge is -2.21. The molecular weight excluding hydrogens is 192 g/mol. The van der Waals surface area contributed by atoms with E-state index < -0.39 is 0 Å². The van der Waals surface area contributed by atoms with E-state index in [2.05, 4.69) is 0 Å². The Morgan fingerprint density at radius 2 is 2.13 bits per heavy atom. The molecule has 0 amide bonds. The van der Waals surface area contributed by atoms with Crippen molar-refractivity contribution < 1.29 is 14.3 Å². The van der Waals surface area contributed by atoms with Gasteiger partial charge in [-0.25, -0.2) is 0 Å². The third-order valence-electron chi connectivity index (χ3n) is 2.42. The molecule has 0 bridgehead atoms.